The molecule has 21 heavy (non-hydrogen) atoms. The molecule has 1 atom stereocenters. The number of ether oxygens (including phenoxy) is 2. The first-order chi connectivity index (χ1) is 9.99. The topological polar surface area (TPSA) is 67.8 Å². The van der Waals surface area contributed by atoms with Crippen molar-refractivity contribution in [3.63, 3.8) is 0 Å². The summed E-state index contributed by atoms with van der Waals surface area (Å²) >= 11 is 1.90. The van der Waals surface area contributed by atoms with Crippen LogP contribution >= 0.6 is 11.8 Å². The molecule has 1 amide bonds. The fourth-order valence-electron chi connectivity index (χ4n) is 2.37. The predicted octanol–water partition coefficient (Wildman–Crippen LogP) is 2.42. The van der Waals surface area contributed by atoms with Crippen LogP contribution in [0.15, 0.2) is 12.1 Å². The molecule has 6 heteroatoms. The van der Waals surface area contributed by atoms with Crippen molar-refractivity contribution in [3.05, 3.63) is 17.7 Å². The highest BCUT2D eigenvalue weighted by Crippen LogP contribution is 2.38. The van der Waals surface area contributed by atoms with Crippen molar-refractivity contribution in [1.29, 1.82) is 0 Å². The normalized spacial score (nSPS) is 21.1. The zero-order valence-corrected chi connectivity index (χ0v) is 13.4. The van der Waals surface area contributed by atoms with Gasteiger partial charge in [0, 0.05) is 16.9 Å². The Bertz CT molecular complexity index is 501. The summed E-state index contributed by atoms with van der Waals surface area (Å²) in [5.41, 5.74) is 0.410. The summed E-state index contributed by atoms with van der Waals surface area (Å²) in [5, 5.41) is 12.8. The quantitative estimate of drug-likeness (QED) is 0.874. The highest BCUT2D eigenvalue weighted by atomic mass is 32.2. The summed E-state index contributed by atoms with van der Waals surface area (Å²) in [6, 6.07) is 3.02. The van der Waals surface area contributed by atoms with Crippen molar-refractivity contribution in [1.82, 2.24) is 5.32 Å². The van der Waals surface area contributed by atoms with Crippen molar-refractivity contribution in [3.8, 4) is 17.2 Å². The number of nitrogens with one attached hydrogen (secondary N) is 1. The first-order valence-electron chi connectivity index (χ1n) is 6.86. The highest BCUT2D eigenvalue weighted by molar-refractivity contribution is 8.00. The molecular weight excluding hydrogens is 290 g/mol. The van der Waals surface area contributed by atoms with E-state index in [0.29, 0.717) is 12.1 Å². The second kappa shape index (κ2) is 6.47. The van der Waals surface area contributed by atoms with Crippen molar-refractivity contribution in [2.45, 2.75) is 24.5 Å². The first kappa shape index (κ1) is 15.8. The second-order valence-corrected chi connectivity index (χ2v) is 7.00. The van der Waals surface area contributed by atoms with Crippen LogP contribution in [0.2, 0.25) is 0 Å². The van der Waals surface area contributed by atoms with E-state index in [2.05, 4.69) is 12.2 Å². The summed E-state index contributed by atoms with van der Waals surface area (Å²) in [6.45, 7) is 2.80. The van der Waals surface area contributed by atoms with E-state index in [1.165, 1.54) is 32.8 Å². The van der Waals surface area contributed by atoms with Gasteiger partial charge in [-0.3, -0.25) is 4.79 Å². The molecule has 1 heterocycles. The third-order valence-corrected chi connectivity index (χ3v) is 5.20. The van der Waals surface area contributed by atoms with Crippen LogP contribution in [0.5, 0.6) is 17.2 Å². The maximum atomic E-state index is 12.3. The third-order valence-electron chi connectivity index (χ3n) is 3.67. The highest BCUT2D eigenvalue weighted by Gasteiger charge is 2.30. The van der Waals surface area contributed by atoms with Crippen LogP contribution in [0.1, 0.15) is 30.1 Å². The summed E-state index contributed by atoms with van der Waals surface area (Å²) < 4.78 is 10.2. The van der Waals surface area contributed by atoms with E-state index in [-0.39, 0.29) is 27.9 Å². The first-order valence-corrected chi connectivity index (χ1v) is 7.85. The van der Waals surface area contributed by atoms with Gasteiger partial charge in [0.1, 0.15) is 0 Å². The SMILES string of the molecule is COc1cc(C(=O)NC[C@]2(C)CCCS2)cc(OC)c1O. The molecular formula is C15H21NO4S. The Morgan fingerprint density at radius 1 is 1.38 bits per heavy atom. The number of hydrogen-bond acceptors (Lipinski definition) is 5. The zero-order chi connectivity index (χ0) is 15.5. The maximum Gasteiger partial charge on any atom is 0.251 e. The van der Waals surface area contributed by atoms with Gasteiger partial charge < -0.3 is 19.9 Å². The Kier molecular flexibility index (Phi) is 4.88. The molecule has 1 saturated heterocycles. The number of hydrogen-bond donors (Lipinski definition) is 2. The molecule has 1 fully saturated rings. The van der Waals surface area contributed by atoms with Gasteiger partial charge in [-0.2, -0.15) is 11.8 Å². The molecule has 1 aliphatic rings. The van der Waals surface area contributed by atoms with E-state index >= 15 is 0 Å². The minimum Gasteiger partial charge on any atom is -0.502 e. The number of aromatic hydroxyl groups is 1. The summed E-state index contributed by atoms with van der Waals surface area (Å²) in [4.78, 5) is 12.3. The Morgan fingerprint density at radius 2 is 2.00 bits per heavy atom. The van der Waals surface area contributed by atoms with Crippen molar-refractivity contribution in [2.75, 3.05) is 26.5 Å². The molecule has 2 rings (SSSR count). The molecule has 0 radical (unpaired) electrons. The number of carbonyl (C=O) groups excluding carboxylic acids is 1. The van der Waals surface area contributed by atoms with Gasteiger partial charge in [-0.25, -0.2) is 0 Å². The van der Waals surface area contributed by atoms with Gasteiger partial charge in [0.05, 0.1) is 14.2 Å². The fraction of sp³-hybridized carbons (Fsp3) is 0.533. The van der Waals surface area contributed by atoms with E-state index < -0.39 is 0 Å². The molecule has 2 N–H and O–H groups in total. The number of carbonyl (C=O) groups is 1. The lowest BCUT2D eigenvalue weighted by molar-refractivity contribution is 0.0949. The Hall–Kier alpha value is -1.56. The second-order valence-electron chi connectivity index (χ2n) is 5.31. The van der Waals surface area contributed by atoms with Crippen LogP contribution < -0.4 is 14.8 Å². The molecule has 0 bridgehead atoms. The molecule has 0 saturated carbocycles. The summed E-state index contributed by atoms with van der Waals surface area (Å²) in [7, 11) is 2.87. The monoisotopic (exact) mass is 311 g/mol. The molecule has 1 aromatic rings. The van der Waals surface area contributed by atoms with Gasteiger partial charge in [0.15, 0.2) is 11.5 Å². The summed E-state index contributed by atoms with van der Waals surface area (Å²) in [5.74, 6) is 1.30. The van der Waals surface area contributed by atoms with Crippen LogP contribution in [0.25, 0.3) is 0 Å². The lowest BCUT2D eigenvalue weighted by Crippen LogP contribution is -2.36. The third kappa shape index (κ3) is 3.56. The van der Waals surface area contributed by atoms with Crippen LogP contribution in [-0.2, 0) is 0 Å². The van der Waals surface area contributed by atoms with E-state index in [1.807, 2.05) is 11.8 Å². The average Bonchev–Trinajstić information content (AvgIpc) is 2.92. The van der Waals surface area contributed by atoms with Gasteiger partial charge >= 0.3 is 0 Å². The lowest BCUT2D eigenvalue weighted by Gasteiger charge is -2.23. The molecule has 116 valence electrons. The lowest BCUT2D eigenvalue weighted by atomic mass is 10.1. The van der Waals surface area contributed by atoms with Gasteiger partial charge in [0.25, 0.3) is 5.91 Å². The molecule has 1 aliphatic heterocycles. The number of amides is 1. The predicted molar refractivity (Wildman–Crippen MR) is 83.6 cm³/mol. The number of phenols is 1. The Balaban J connectivity index is 2.11. The van der Waals surface area contributed by atoms with E-state index in [1.54, 1.807) is 0 Å². The van der Waals surface area contributed by atoms with E-state index in [4.69, 9.17) is 9.47 Å². The number of benzene rings is 1. The molecule has 0 spiro atoms. The van der Waals surface area contributed by atoms with E-state index in [9.17, 15) is 9.90 Å². The van der Waals surface area contributed by atoms with Crippen molar-refractivity contribution in [2.24, 2.45) is 0 Å². The van der Waals surface area contributed by atoms with Crippen molar-refractivity contribution >= 4 is 17.7 Å². The Morgan fingerprint density at radius 3 is 2.48 bits per heavy atom. The smallest absolute Gasteiger partial charge is 0.251 e. The van der Waals surface area contributed by atoms with Gasteiger partial charge in [0.2, 0.25) is 5.75 Å². The molecule has 0 aliphatic carbocycles. The molecule has 1 aromatic carbocycles. The molecule has 0 unspecified atom stereocenters. The standard InChI is InChI=1S/C15H21NO4S/c1-15(5-4-6-21-15)9-16-14(18)10-7-11(19-2)13(17)12(8-10)20-3/h7-8,17H,4-6,9H2,1-3H3,(H,16,18)/t15-/m0/s1. The largest absolute Gasteiger partial charge is 0.502 e. The van der Waals surface area contributed by atoms with Gasteiger partial charge in [-0.1, -0.05) is 0 Å². The van der Waals surface area contributed by atoms with Crippen LogP contribution in [0, 0.1) is 0 Å². The average molecular weight is 311 g/mol. The van der Waals surface area contributed by atoms with Gasteiger partial charge in [-0.15, -0.1) is 0 Å². The minimum absolute atomic E-state index is 0.102. The number of phenolic OH excluding ortho intramolecular Hbond substituents is 1. The number of methoxy groups -OCH3 is 2. The van der Waals surface area contributed by atoms with Gasteiger partial charge in [-0.05, 0) is 37.7 Å². The molecule has 0 aromatic heterocycles. The molecule has 5 nitrogen and oxygen atoms in total. The Labute approximate surface area is 129 Å². The van der Waals surface area contributed by atoms with Crippen LogP contribution in [0.4, 0.5) is 0 Å². The minimum atomic E-state index is -0.194. The van der Waals surface area contributed by atoms with Crippen LogP contribution in [-0.4, -0.2) is 42.3 Å². The number of thioether (sulfide) groups is 1. The van der Waals surface area contributed by atoms with Crippen molar-refractivity contribution < 1.29 is 19.4 Å². The number of rotatable bonds is 5. The fourth-order valence-corrected chi connectivity index (χ4v) is 3.61. The zero-order valence-electron chi connectivity index (χ0n) is 12.6. The van der Waals surface area contributed by atoms with Crippen LogP contribution in [0.3, 0.4) is 0 Å². The van der Waals surface area contributed by atoms with E-state index in [0.717, 1.165) is 12.2 Å². The summed E-state index contributed by atoms with van der Waals surface area (Å²) in [6.07, 6.45) is 2.30. The maximum absolute atomic E-state index is 12.3.